The van der Waals surface area contributed by atoms with Crippen molar-refractivity contribution in [1.82, 2.24) is 9.97 Å². The number of para-hydroxylation sites is 1. The zero-order valence-corrected chi connectivity index (χ0v) is 10.4. The highest BCUT2D eigenvalue weighted by Gasteiger charge is 2.07. The van der Waals surface area contributed by atoms with Crippen LogP contribution in [-0.2, 0) is 0 Å². The van der Waals surface area contributed by atoms with Crippen molar-refractivity contribution in [3.8, 4) is 17.7 Å². The number of anilines is 1. The lowest BCUT2D eigenvalue weighted by Crippen LogP contribution is -1.96. The van der Waals surface area contributed by atoms with E-state index in [0.29, 0.717) is 17.3 Å². The van der Waals surface area contributed by atoms with Gasteiger partial charge >= 0.3 is 0 Å². The van der Waals surface area contributed by atoms with Crippen LogP contribution < -0.4 is 10.5 Å². The van der Waals surface area contributed by atoms with Gasteiger partial charge in [-0.15, -0.1) is 0 Å². The average molecular weight is 262 g/mol. The maximum atomic E-state index is 8.92. The highest BCUT2D eigenvalue weighted by molar-refractivity contribution is 5.84. The van der Waals surface area contributed by atoms with Gasteiger partial charge < -0.3 is 10.5 Å². The second-order valence-electron chi connectivity index (χ2n) is 4.13. The molecule has 0 unspecified atom stereocenters. The summed E-state index contributed by atoms with van der Waals surface area (Å²) in [6.07, 6.45) is 1.70. The molecule has 0 amide bonds. The maximum Gasteiger partial charge on any atom is 0.220 e. The minimum Gasteiger partial charge on any atom is -0.437 e. The van der Waals surface area contributed by atoms with Gasteiger partial charge in [0.25, 0.3) is 0 Å². The number of hydrogen-bond acceptors (Lipinski definition) is 5. The van der Waals surface area contributed by atoms with Crippen LogP contribution in [0.3, 0.4) is 0 Å². The van der Waals surface area contributed by atoms with Crippen molar-refractivity contribution in [3.63, 3.8) is 0 Å². The van der Waals surface area contributed by atoms with Gasteiger partial charge in [-0.1, -0.05) is 18.2 Å². The van der Waals surface area contributed by atoms with Crippen molar-refractivity contribution in [2.45, 2.75) is 0 Å². The van der Waals surface area contributed by atoms with Crippen LogP contribution in [0.25, 0.3) is 10.9 Å². The van der Waals surface area contributed by atoms with Crippen molar-refractivity contribution >= 4 is 16.6 Å². The molecule has 5 heteroatoms. The number of nitrogen functional groups attached to an aromatic ring is 1. The molecule has 0 aliphatic rings. The zero-order chi connectivity index (χ0) is 13.9. The van der Waals surface area contributed by atoms with Gasteiger partial charge in [0, 0.05) is 17.6 Å². The Hall–Kier alpha value is -3.13. The zero-order valence-electron chi connectivity index (χ0n) is 10.4. The third-order valence-electron chi connectivity index (χ3n) is 2.82. The van der Waals surface area contributed by atoms with Crippen LogP contribution in [0.5, 0.6) is 11.6 Å². The normalized spacial score (nSPS) is 10.2. The molecule has 5 nitrogen and oxygen atoms in total. The summed E-state index contributed by atoms with van der Waals surface area (Å²) < 4.78 is 5.71. The first-order chi connectivity index (χ1) is 9.78. The van der Waals surface area contributed by atoms with Gasteiger partial charge in [0.15, 0.2) is 11.4 Å². The fourth-order valence-electron chi connectivity index (χ4n) is 1.87. The number of aromatic nitrogens is 2. The average Bonchev–Trinajstić information content (AvgIpc) is 2.49. The van der Waals surface area contributed by atoms with Gasteiger partial charge in [-0.05, 0) is 18.2 Å². The summed E-state index contributed by atoms with van der Waals surface area (Å²) in [4.78, 5) is 8.35. The van der Waals surface area contributed by atoms with E-state index < -0.39 is 0 Å². The lowest BCUT2D eigenvalue weighted by molar-refractivity contribution is 0.467. The van der Waals surface area contributed by atoms with Crippen molar-refractivity contribution in [3.05, 3.63) is 54.4 Å². The number of ether oxygens (including phenoxy) is 1. The van der Waals surface area contributed by atoms with Crippen LogP contribution in [0.2, 0.25) is 0 Å². The predicted molar refractivity (Wildman–Crippen MR) is 75.2 cm³/mol. The highest BCUT2D eigenvalue weighted by Crippen LogP contribution is 2.27. The standard InChI is InChI=1S/C15H10N4O/c16-9-12-11(17)6-7-14(19-12)20-13-5-1-3-10-4-2-8-18-15(10)13/h1-8H,17H2. The van der Waals surface area contributed by atoms with Gasteiger partial charge in [-0.25, -0.2) is 4.98 Å². The summed E-state index contributed by atoms with van der Waals surface area (Å²) in [6.45, 7) is 0. The molecule has 3 rings (SSSR count). The predicted octanol–water partition coefficient (Wildman–Crippen LogP) is 2.88. The summed E-state index contributed by atoms with van der Waals surface area (Å²) in [5.41, 5.74) is 6.85. The van der Waals surface area contributed by atoms with E-state index in [1.54, 1.807) is 24.4 Å². The summed E-state index contributed by atoms with van der Waals surface area (Å²) in [5, 5.41) is 9.89. The Labute approximate surface area is 115 Å². The van der Waals surface area contributed by atoms with E-state index in [4.69, 9.17) is 15.7 Å². The minimum atomic E-state index is 0.149. The highest BCUT2D eigenvalue weighted by atomic mass is 16.5. The first kappa shape index (κ1) is 11.9. The van der Waals surface area contributed by atoms with E-state index in [2.05, 4.69) is 9.97 Å². The Morgan fingerprint density at radius 1 is 1.10 bits per heavy atom. The van der Waals surface area contributed by atoms with E-state index in [1.807, 2.05) is 30.3 Å². The Kier molecular flexibility index (Phi) is 2.90. The Balaban J connectivity index is 2.04. The van der Waals surface area contributed by atoms with E-state index in [-0.39, 0.29) is 5.69 Å². The Morgan fingerprint density at radius 3 is 2.80 bits per heavy atom. The van der Waals surface area contributed by atoms with Crippen LogP contribution in [0.1, 0.15) is 5.69 Å². The summed E-state index contributed by atoms with van der Waals surface area (Å²) >= 11 is 0. The molecule has 0 spiro atoms. The topological polar surface area (TPSA) is 84.8 Å². The second kappa shape index (κ2) is 4.86. The molecule has 0 bridgehead atoms. The van der Waals surface area contributed by atoms with Crippen molar-refractivity contribution in [2.75, 3.05) is 5.73 Å². The number of hydrogen-bond donors (Lipinski definition) is 1. The van der Waals surface area contributed by atoms with Gasteiger partial charge in [0.05, 0.1) is 5.69 Å². The SMILES string of the molecule is N#Cc1nc(Oc2cccc3cccnc23)ccc1N. The molecule has 1 aromatic carbocycles. The second-order valence-corrected chi connectivity index (χ2v) is 4.13. The van der Waals surface area contributed by atoms with Crippen LogP contribution in [0, 0.1) is 11.3 Å². The largest absolute Gasteiger partial charge is 0.437 e. The summed E-state index contributed by atoms with van der Waals surface area (Å²) in [5.74, 6) is 0.901. The van der Waals surface area contributed by atoms with Gasteiger partial charge in [-0.2, -0.15) is 5.26 Å². The van der Waals surface area contributed by atoms with Crippen LogP contribution in [0.4, 0.5) is 5.69 Å². The molecular weight excluding hydrogens is 252 g/mol. The molecule has 0 aliphatic heterocycles. The molecule has 96 valence electrons. The monoisotopic (exact) mass is 262 g/mol. The number of pyridine rings is 2. The smallest absolute Gasteiger partial charge is 0.220 e. The summed E-state index contributed by atoms with van der Waals surface area (Å²) in [7, 11) is 0. The quantitative estimate of drug-likeness (QED) is 0.767. The molecule has 0 fully saturated rings. The van der Waals surface area contributed by atoms with E-state index in [9.17, 15) is 0 Å². The Morgan fingerprint density at radius 2 is 1.95 bits per heavy atom. The molecular formula is C15H10N4O. The molecule has 0 radical (unpaired) electrons. The van der Waals surface area contributed by atoms with Crippen LogP contribution in [0.15, 0.2) is 48.7 Å². The fraction of sp³-hybridized carbons (Fsp3) is 0. The fourth-order valence-corrected chi connectivity index (χ4v) is 1.87. The van der Waals surface area contributed by atoms with Crippen molar-refractivity contribution in [2.24, 2.45) is 0 Å². The first-order valence-corrected chi connectivity index (χ1v) is 5.96. The molecule has 2 heterocycles. The number of nitrogens with zero attached hydrogens (tertiary/aromatic N) is 3. The summed E-state index contributed by atoms with van der Waals surface area (Å²) in [6, 6.07) is 14.6. The van der Waals surface area contributed by atoms with E-state index >= 15 is 0 Å². The van der Waals surface area contributed by atoms with E-state index in [1.165, 1.54) is 0 Å². The number of fused-ring (bicyclic) bond motifs is 1. The van der Waals surface area contributed by atoms with Gasteiger partial charge in [0.2, 0.25) is 5.88 Å². The molecule has 2 N–H and O–H groups in total. The molecule has 20 heavy (non-hydrogen) atoms. The van der Waals surface area contributed by atoms with E-state index in [0.717, 1.165) is 10.9 Å². The van der Waals surface area contributed by atoms with Crippen LogP contribution >= 0.6 is 0 Å². The third kappa shape index (κ3) is 2.10. The number of nitriles is 1. The van der Waals surface area contributed by atoms with Crippen LogP contribution in [-0.4, -0.2) is 9.97 Å². The lowest BCUT2D eigenvalue weighted by atomic mass is 10.2. The number of nitrogens with two attached hydrogens (primary N) is 1. The van der Waals surface area contributed by atoms with Crippen molar-refractivity contribution < 1.29 is 4.74 Å². The molecule has 0 saturated heterocycles. The molecule has 0 atom stereocenters. The molecule has 0 aliphatic carbocycles. The van der Waals surface area contributed by atoms with Crippen molar-refractivity contribution in [1.29, 1.82) is 5.26 Å². The lowest BCUT2D eigenvalue weighted by Gasteiger charge is -2.08. The molecule has 3 aromatic rings. The maximum absolute atomic E-state index is 8.92. The van der Waals surface area contributed by atoms with Gasteiger partial charge in [-0.3, -0.25) is 4.98 Å². The first-order valence-electron chi connectivity index (χ1n) is 5.96. The third-order valence-corrected chi connectivity index (χ3v) is 2.82. The molecule has 0 saturated carbocycles. The Bertz CT molecular complexity index is 818. The number of rotatable bonds is 2. The molecule has 2 aromatic heterocycles. The minimum absolute atomic E-state index is 0.149. The number of benzene rings is 1. The van der Waals surface area contributed by atoms with Gasteiger partial charge in [0.1, 0.15) is 11.6 Å².